The Morgan fingerprint density at radius 2 is 1.79 bits per heavy atom. The van der Waals surface area contributed by atoms with Gasteiger partial charge < -0.3 is 5.73 Å². The number of aromatic nitrogens is 2. The van der Waals surface area contributed by atoms with Gasteiger partial charge in [0, 0.05) is 19.9 Å². The summed E-state index contributed by atoms with van der Waals surface area (Å²) in [4.78, 5) is 37.2. The minimum absolute atomic E-state index is 0.282. The number of benzene rings is 1. The summed E-state index contributed by atoms with van der Waals surface area (Å²) >= 11 is 0. The van der Waals surface area contributed by atoms with Gasteiger partial charge in [-0.2, -0.15) is 9.69 Å². The topological polar surface area (TPSA) is 90.3 Å². The third-order valence-electron chi connectivity index (χ3n) is 4.48. The summed E-state index contributed by atoms with van der Waals surface area (Å²) < 4.78 is 2.74. The summed E-state index contributed by atoms with van der Waals surface area (Å²) in [6, 6.07) is 5.61. The van der Waals surface area contributed by atoms with Crippen molar-refractivity contribution >= 4 is 22.8 Å². The molecule has 1 aliphatic rings. The molecule has 1 aliphatic heterocycles. The van der Waals surface area contributed by atoms with E-state index in [1.807, 2.05) is 12.1 Å². The SMILES string of the molecule is Cn1c(=O)n(N2C(=O)CCCC2=O)c2cccc(CCCCN)c21. The van der Waals surface area contributed by atoms with Gasteiger partial charge in [-0.15, -0.1) is 0 Å². The van der Waals surface area contributed by atoms with Crippen molar-refractivity contribution in [2.45, 2.75) is 38.5 Å². The Kier molecular flexibility index (Phi) is 4.53. The summed E-state index contributed by atoms with van der Waals surface area (Å²) in [6.07, 6.45) is 3.74. The van der Waals surface area contributed by atoms with Crippen molar-refractivity contribution in [3.05, 3.63) is 34.2 Å². The van der Waals surface area contributed by atoms with Crippen molar-refractivity contribution in [3.8, 4) is 0 Å². The average molecular weight is 330 g/mol. The number of amides is 2. The number of carbonyl (C=O) groups is 2. The van der Waals surface area contributed by atoms with Crippen LogP contribution in [0.2, 0.25) is 0 Å². The number of imide groups is 1. The lowest BCUT2D eigenvalue weighted by molar-refractivity contribution is -0.131. The number of fused-ring (bicyclic) bond motifs is 1. The van der Waals surface area contributed by atoms with E-state index < -0.39 is 0 Å². The van der Waals surface area contributed by atoms with Gasteiger partial charge in [-0.05, 0) is 43.9 Å². The van der Waals surface area contributed by atoms with E-state index in [1.165, 1.54) is 9.24 Å². The Labute approximate surface area is 139 Å². The molecule has 2 amide bonds. The molecule has 24 heavy (non-hydrogen) atoms. The first kappa shape index (κ1) is 16.4. The van der Waals surface area contributed by atoms with Crippen LogP contribution in [0.4, 0.5) is 0 Å². The quantitative estimate of drug-likeness (QED) is 0.648. The molecule has 0 spiro atoms. The smallest absolute Gasteiger partial charge is 0.330 e. The van der Waals surface area contributed by atoms with Crippen LogP contribution in [0.3, 0.4) is 0 Å². The fourth-order valence-corrected chi connectivity index (χ4v) is 3.30. The first-order chi connectivity index (χ1) is 11.6. The number of nitrogens with zero attached hydrogens (tertiary/aromatic N) is 3. The maximum absolute atomic E-state index is 12.7. The number of unbranched alkanes of at least 4 members (excludes halogenated alkanes) is 1. The third kappa shape index (κ3) is 2.65. The molecule has 1 aromatic heterocycles. The molecule has 128 valence electrons. The molecular formula is C17H22N4O3. The van der Waals surface area contributed by atoms with Crippen LogP contribution in [0.1, 0.15) is 37.7 Å². The highest BCUT2D eigenvalue weighted by molar-refractivity contribution is 6.11. The fraction of sp³-hybridized carbons (Fsp3) is 0.471. The number of para-hydroxylation sites is 1. The molecule has 2 heterocycles. The van der Waals surface area contributed by atoms with Crippen LogP contribution >= 0.6 is 0 Å². The van der Waals surface area contributed by atoms with Crippen LogP contribution < -0.4 is 16.4 Å². The van der Waals surface area contributed by atoms with Crippen LogP contribution in [0, 0.1) is 0 Å². The molecule has 1 saturated heterocycles. The minimum Gasteiger partial charge on any atom is -0.330 e. The summed E-state index contributed by atoms with van der Waals surface area (Å²) in [5, 5.41) is 1.01. The molecule has 0 radical (unpaired) electrons. The number of hydrogen-bond acceptors (Lipinski definition) is 4. The monoisotopic (exact) mass is 330 g/mol. The van der Waals surface area contributed by atoms with E-state index in [9.17, 15) is 14.4 Å². The molecule has 0 unspecified atom stereocenters. The van der Waals surface area contributed by atoms with Crippen LogP contribution in [0.5, 0.6) is 0 Å². The van der Waals surface area contributed by atoms with Gasteiger partial charge in [-0.3, -0.25) is 14.2 Å². The van der Waals surface area contributed by atoms with Crippen LogP contribution in [-0.4, -0.2) is 27.6 Å². The zero-order valence-electron chi connectivity index (χ0n) is 13.8. The standard InChI is InChI=1S/C17H22N4O3/c1-19-16-12(6-2-3-11-18)7-4-8-13(16)20(17(19)24)21-14(22)9-5-10-15(21)23/h4,7-8H,2-3,5-6,9-11,18H2,1H3. The molecule has 3 rings (SSSR count). The Hall–Kier alpha value is -2.41. The van der Waals surface area contributed by atoms with E-state index >= 15 is 0 Å². The molecule has 2 aromatic rings. The van der Waals surface area contributed by atoms with Crippen molar-refractivity contribution in [2.24, 2.45) is 12.8 Å². The molecule has 1 fully saturated rings. The normalized spacial score (nSPS) is 15.5. The largest absolute Gasteiger partial charge is 0.348 e. The van der Waals surface area contributed by atoms with E-state index in [-0.39, 0.29) is 30.3 Å². The maximum Gasteiger partial charge on any atom is 0.348 e. The molecule has 0 bridgehead atoms. The second-order valence-corrected chi connectivity index (χ2v) is 6.14. The van der Waals surface area contributed by atoms with Gasteiger partial charge in [-0.25, -0.2) is 4.79 Å². The van der Waals surface area contributed by atoms with Gasteiger partial charge >= 0.3 is 5.69 Å². The number of hydrogen-bond donors (Lipinski definition) is 1. The van der Waals surface area contributed by atoms with Crippen molar-refractivity contribution in [2.75, 3.05) is 11.6 Å². The molecule has 0 saturated carbocycles. The summed E-state index contributed by atoms with van der Waals surface area (Å²) in [5.74, 6) is -0.649. The van der Waals surface area contributed by atoms with Gasteiger partial charge in [0.1, 0.15) is 0 Å². The zero-order chi connectivity index (χ0) is 17.3. The first-order valence-corrected chi connectivity index (χ1v) is 8.31. The number of nitrogens with two attached hydrogens (primary N) is 1. The van der Waals surface area contributed by atoms with Crippen molar-refractivity contribution < 1.29 is 9.59 Å². The number of imidazole rings is 1. The Balaban J connectivity index is 2.14. The highest BCUT2D eigenvalue weighted by Crippen LogP contribution is 2.21. The Morgan fingerprint density at radius 1 is 1.08 bits per heavy atom. The predicted molar refractivity (Wildman–Crippen MR) is 91.3 cm³/mol. The summed E-state index contributed by atoms with van der Waals surface area (Å²) in [5.41, 5.74) is 7.56. The lowest BCUT2D eigenvalue weighted by Gasteiger charge is -2.25. The minimum atomic E-state index is -0.375. The van der Waals surface area contributed by atoms with Gasteiger partial charge in [0.2, 0.25) is 11.8 Å². The van der Waals surface area contributed by atoms with Crippen LogP contribution in [0.25, 0.3) is 11.0 Å². The second-order valence-electron chi connectivity index (χ2n) is 6.14. The summed E-state index contributed by atoms with van der Waals surface area (Å²) in [7, 11) is 1.67. The van der Waals surface area contributed by atoms with E-state index in [1.54, 1.807) is 13.1 Å². The number of piperidine rings is 1. The second kappa shape index (κ2) is 6.60. The number of carbonyl (C=O) groups excluding carboxylic acids is 2. The molecule has 1 aromatic carbocycles. The average Bonchev–Trinajstić information content (AvgIpc) is 2.81. The lowest BCUT2D eigenvalue weighted by atomic mass is 10.1. The molecule has 2 N–H and O–H groups in total. The van der Waals surface area contributed by atoms with E-state index in [4.69, 9.17) is 5.73 Å². The molecule has 0 atom stereocenters. The molecule has 0 aliphatic carbocycles. The third-order valence-corrected chi connectivity index (χ3v) is 4.48. The van der Waals surface area contributed by atoms with Crippen molar-refractivity contribution in [3.63, 3.8) is 0 Å². The Morgan fingerprint density at radius 3 is 2.46 bits per heavy atom. The first-order valence-electron chi connectivity index (χ1n) is 8.31. The number of rotatable bonds is 5. The van der Waals surface area contributed by atoms with Gasteiger partial charge in [0.15, 0.2) is 0 Å². The van der Waals surface area contributed by atoms with E-state index in [0.717, 1.165) is 35.4 Å². The molecular weight excluding hydrogens is 308 g/mol. The van der Waals surface area contributed by atoms with Crippen molar-refractivity contribution in [1.82, 2.24) is 9.24 Å². The van der Waals surface area contributed by atoms with Gasteiger partial charge in [0.05, 0.1) is 11.0 Å². The molecule has 7 nitrogen and oxygen atoms in total. The van der Waals surface area contributed by atoms with Gasteiger partial charge in [-0.1, -0.05) is 12.1 Å². The highest BCUT2D eigenvalue weighted by Gasteiger charge is 2.31. The van der Waals surface area contributed by atoms with E-state index in [2.05, 4.69) is 0 Å². The molecule has 7 heteroatoms. The lowest BCUT2D eigenvalue weighted by Crippen LogP contribution is -2.52. The summed E-state index contributed by atoms with van der Waals surface area (Å²) in [6.45, 7) is 0.632. The Bertz CT molecular complexity index is 833. The zero-order valence-corrected chi connectivity index (χ0v) is 13.8. The number of aryl methyl sites for hydroxylation is 2. The fourth-order valence-electron chi connectivity index (χ4n) is 3.30. The van der Waals surface area contributed by atoms with Crippen molar-refractivity contribution in [1.29, 1.82) is 0 Å². The van der Waals surface area contributed by atoms with Crippen LogP contribution in [0.15, 0.2) is 23.0 Å². The highest BCUT2D eigenvalue weighted by atomic mass is 16.2. The predicted octanol–water partition coefficient (Wildman–Crippen LogP) is 0.796. The van der Waals surface area contributed by atoms with E-state index in [0.29, 0.717) is 18.5 Å². The van der Waals surface area contributed by atoms with Crippen LogP contribution in [-0.2, 0) is 23.1 Å². The van der Waals surface area contributed by atoms with Gasteiger partial charge in [0.25, 0.3) is 0 Å². The maximum atomic E-state index is 12.7.